The fourth-order valence-electron chi connectivity index (χ4n) is 2.98. The molecular weight excluding hydrogens is 322 g/mol. The third-order valence-corrected chi connectivity index (χ3v) is 5.16. The van der Waals surface area contributed by atoms with E-state index in [0.29, 0.717) is 5.69 Å². The van der Waals surface area contributed by atoms with E-state index in [1.54, 1.807) is 22.3 Å². The van der Waals surface area contributed by atoms with Crippen LogP contribution in [0.15, 0.2) is 30.3 Å². The Hall–Kier alpha value is -2.18. The fourth-order valence-corrected chi connectivity index (χ4v) is 4.00. The van der Waals surface area contributed by atoms with E-state index in [4.69, 9.17) is 0 Å². The van der Waals surface area contributed by atoms with E-state index in [0.717, 1.165) is 5.69 Å². The van der Waals surface area contributed by atoms with Crippen molar-refractivity contribution < 1.29 is 9.59 Å². The van der Waals surface area contributed by atoms with Gasteiger partial charge in [0.2, 0.25) is 11.8 Å². The Morgan fingerprint density at radius 1 is 1.38 bits per heavy atom. The third kappa shape index (κ3) is 3.34. The molecule has 0 bridgehead atoms. The zero-order valence-corrected chi connectivity index (χ0v) is 14.9. The average molecular weight is 343 g/mol. The molecule has 6 heteroatoms. The number of amides is 2. The summed E-state index contributed by atoms with van der Waals surface area (Å²) in [7, 11) is 0. The summed E-state index contributed by atoms with van der Waals surface area (Å²) in [4.78, 5) is 28.5. The predicted molar refractivity (Wildman–Crippen MR) is 97.6 cm³/mol. The van der Waals surface area contributed by atoms with Gasteiger partial charge in [-0.2, -0.15) is 0 Å². The van der Waals surface area contributed by atoms with Gasteiger partial charge in [-0.25, -0.2) is 0 Å². The summed E-state index contributed by atoms with van der Waals surface area (Å²) in [5.74, 6) is -0.270. The van der Waals surface area contributed by atoms with Gasteiger partial charge in [-0.1, -0.05) is 12.1 Å². The lowest BCUT2D eigenvalue weighted by atomic mass is 10.1. The molecule has 0 spiro atoms. The number of carbonyl (C=O) groups excluding carboxylic acids is 2. The van der Waals surface area contributed by atoms with Crippen LogP contribution in [0.3, 0.4) is 0 Å². The minimum atomic E-state index is -0.167. The highest BCUT2D eigenvalue weighted by Crippen LogP contribution is 2.29. The summed E-state index contributed by atoms with van der Waals surface area (Å²) >= 11 is 1.76. The lowest BCUT2D eigenvalue weighted by Crippen LogP contribution is -2.46. The minimum absolute atomic E-state index is 0.0580. The highest BCUT2D eigenvalue weighted by molar-refractivity contribution is 7.12. The van der Waals surface area contributed by atoms with Crippen molar-refractivity contribution in [2.24, 2.45) is 0 Å². The molecule has 126 valence electrons. The van der Waals surface area contributed by atoms with Crippen molar-refractivity contribution in [1.82, 2.24) is 5.32 Å². The average Bonchev–Trinajstić information content (AvgIpc) is 2.90. The van der Waals surface area contributed by atoms with E-state index in [1.165, 1.54) is 15.3 Å². The van der Waals surface area contributed by atoms with Crippen LogP contribution < -0.4 is 15.5 Å². The SMILES string of the molecule is Cc1cc([C@@H](C)NCC(=O)N2CC(=O)Nc3ccccc32)c(C)s1. The van der Waals surface area contributed by atoms with E-state index in [-0.39, 0.29) is 30.9 Å². The van der Waals surface area contributed by atoms with Crippen molar-refractivity contribution in [2.75, 3.05) is 23.3 Å². The molecule has 2 aromatic rings. The quantitative estimate of drug-likeness (QED) is 0.897. The van der Waals surface area contributed by atoms with Crippen LogP contribution in [-0.4, -0.2) is 24.9 Å². The van der Waals surface area contributed by atoms with Gasteiger partial charge in [0.25, 0.3) is 0 Å². The van der Waals surface area contributed by atoms with Gasteiger partial charge in [0.05, 0.1) is 17.9 Å². The Balaban J connectivity index is 1.69. The summed E-state index contributed by atoms with van der Waals surface area (Å²) in [6, 6.07) is 9.61. The number of nitrogens with one attached hydrogen (secondary N) is 2. The molecule has 0 radical (unpaired) electrons. The zero-order chi connectivity index (χ0) is 17.3. The second-order valence-corrected chi connectivity index (χ2v) is 7.48. The molecular formula is C18H21N3O2S. The highest BCUT2D eigenvalue weighted by Gasteiger charge is 2.26. The lowest BCUT2D eigenvalue weighted by molar-refractivity contribution is -0.121. The van der Waals surface area contributed by atoms with Crippen LogP contribution in [0.5, 0.6) is 0 Å². The molecule has 24 heavy (non-hydrogen) atoms. The van der Waals surface area contributed by atoms with Crippen molar-refractivity contribution in [3.05, 3.63) is 45.6 Å². The molecule has 0 fully saturated rings. The van der Waals surface area contributed by atoms with Crippen LogP contribution >= 0.6 is 11.3 Å². The van der Waals surface area contributed by atoms with Crippen molar-refractivity contribution in [3.63, 3.8) is 0 Å². The van der Waals surface area contributed by atoms with E-state index in [2.05, 4.69) is 37.5 Å². The summed E-state index contributed by atoms with van der Waals surface area (Å²) in [6.45, 7) is 6.48. The highest BCUT2D eigenvalue weighted by atomic mass is 32.1. The van der Waals surface area contributed by atoms with Gasteiger partial charge in [-0.05, 0) is 44.5 Å². The summed E-state index contributed by atoms with van der Waals surface area (Å²) in [5, 5.41) is 6.07. The number of benzene rings is 1. The number of hydrogen-bond acceptors (Lipinski definition) is 4. The van der Waals surface area contributed by atoms with Crippen LogP contribution in [0.2, 0.25) is 0 Å². The number of rotatable bonds is 4. The largest absolute Gasteiger partial charge is 0.323 e. The molecule has 1 atom stereocenters. The lowest BCUT2D eigenvalue weighted by Gasteiger charge is -2.29. The van der Waals surface area contributed by atoms with Crippen LogP contribution in [-0.2, 0) is 9.59 Å². The first-order valence-corrected chi connectivity index (χ1v) is 8.77. The Morgan fingerprint density at radius 3 is 2.83 bits per heavy atom. The van der Waals surface area contributed by atoms with Crippen molar-refractivity contribution in [1.29, 1.82) is 0 Å². The number of hydrogen-bond donors (Lipinski definition) is 2. The van der Waals surface area contributed by atoms with E-state index in [1.807, 2.05) is 18.2 Å². The zero-order valence-electron chi connectivity index (χ0n) is 14.1. The van der Waals surface area contributed by atoms with Crippen LogP contribution in [0.25, 0.3) is 0 Å². The second kappa shape index (κ2) is 6.75. The van der Waals surface area contributed by atoms with Gasteiger partial charge in [0.15, 0.2) is 0 Å². The Morgan fingerprint density at radius 2 is 2.12 bits per heavy atom. The first-order chi connectivity index (χ1) is 11.5. The number of thiophene rings is 1. The van der Waals surface area contributed by atoms with Gasteiger partial charge in [-0.3, -0.25) is 14.5 Å². The standard InChI is InChI=1S/C18H21N3O2S/c1-11-8-14(13(3)24-11)12(2)19-9-18(23)21-10-17(22)20-15-6-4-5-7-16(15)21/h4-8,12,19H,9-10H2,1-3H3,(H,20,22)/t12-/m1/s1. The molecule has 1 aromatic heterocycles. The predicted octanol–water partition coefficient (Wildman–Crippen LogP) is 3.00. The topological polar surface area (TPSA) is 61.4 Å². The monoisotopic (exact) mass is 343 g/mol. The van der Waals surface area contributed by atoms with Crippen LogP contribution in [0.4, 0.5) is 11.4 Å². The molecule has 2 N–H and O–H groups in total. The molecule has 0 unspecified atom stereocenters. The molecule has 2 amide bonds. The number of fused-ring (bicyclic) bond motifs is 1. The van der Waals surface area contributed by atoms with Gasteiger partial charge in [0.1, 0.15) is 6.54 Å². The minimum Gasteiger partial charge on any atom is -0.323 e. The number of anilines is 2. The normalized spacial score (nSPS) is 15.0. The molecule has 5 nitrogen and oxygen atoms in total. The molecule has 1 aromatic carbocycles. The molecule has 1 aliphatic rings. The smallest absolute Gasteiger partial charge is 0.244 e. The first kappa shape index (κ1) is 16.7. The maximum atomic E-state index is 12.6. The summed E-state index contributed by atoms with van der Waals surface area (Å²) in [5.41, 5.74) is 2.65. The van der Waals surface area contributed by atoms with Gasteiger partial charge < -0.3 is 10.6 Å². The Bertz CT molecular complexity index is 784. The Labute approximate surface area is 145 Å². The Kier molecular flexibility index (Phi) is 4.69. The molecule has 0 aliphatic carbocycles. The number of aryl methyl sites for hydroxylation is 2. The maximum Gasteiger partial charge on any atom is 0.244 e. The molecule has 1 aliphatic heterocycles. The number of carbonyl (C=O) groups is 2. The van der Waals surface area contributed by atoms with Gasteiger partial charge >= 0.3 is 0 Å². The fraction of sp³-hybridized carbons (Fsp3) is 0.333. The van der Waals surface area contributed by atoms with Crippen molar-refractivity contribution >= 4 is 34.5 Å². The van der Waals surface area contributed by atoms with Gasteiger partial charge in [0, 0.05) is 15.8 Å². The first-order valence-electron chi connectivity index (χ1n) is 7.95. The van der Waals surface area contributed by atoms with E-state index in [9.17, 15) is 9.59 Å². The van der Waals surface area contributed by atoms with E-state index >= 15 is 0 Å². The summed E-state index contributed by atoms with van der Waals surface area (Å²) < 4.78 is 0. The molecule has 0 saturated carbocycles. The van der Waals surface area contributed by atoms with Gasteiger partial charge in [-0.15, -0.1) is 11.3 Å². The molecule has 2 heterocycles. The molecule has 3 rings (SSSR count). The molecule has 0 saturated heterocycles. The maximum absolute atomic E-state index is 12.6. The van der Waals surface area contributed by atoms with Crippen molar-refractivity contribution in [2.45, 2.75) is 26.8 Å². The van der Waals surface area contributed by atoms with Crippen LogP contribution in [0, 0.1) is 13.8 Å². The van der Waals surface area contributed by atoms with Crippen molar-refractivity contribution in [3.8, 4) is 0 Å². The number of para-hydroxylation sites is 2. The van der Waals surface area contributed by atoms with Crippen LogP contribution in [0.1, 0.15) is 28.3 Å². The summed E-state index contributed by atoms with van der Waals surface area (Å²) in [6.07, 6.45) is 0. The second-order valence-electron chi connectivity index (χ2n) is 6.02. The number of nitrogens with zero attached hydrogens (tertiary/aromatic N) is 1. The third-order valence-electron chi connectivity index (χ3n) is 4.18. The van der Waals surface area contributed by atoms with E-state index < -0.39 is 0 Å².